The number of hydrogen-bond acceptors (Lipinski definition) is 3. The lowest BCUT2D eigenvalue weighted by atomic mass is 10.2. The van der Waals surface area contributed by atoms with E-state index in [2.05, 4.69) is 5.32 Å². The van der Waals surface area contributed by atoms with Gasteiger partial charge in [0, 0.05) is 5.69 Å². The van der Waals surface area contributed by atoms with Gasteiger partial charge >= 0.3 is 0 Å². The molecule has 0 aromatic heterocycles. The first-order valence-corrected chi connectivity index (χ1v) is 5.71. The molecule has 2 nitrogen and oxygen atoms in total. The molecule has 0 atom stereocenters. The first-order chi connectivity index (χ1) is 8.31. The molecule has 0 heterocycles. The Kier molecular flexibility index (Phi) is 3.73. The zero-order valence-electron chi connectivity index (χ0n) is 9.51. The van der Waals surface area contributed by atoms with Gasteiger partial charge in [0.25, 0.3) is 0 Å². The average Bonchev–Trinajstić information content (AvgIpc) is 2.40. The molecule has 1 N–H and O–H groups in total. The SMILES string of the molecule is COC(=S)c1ccccc1Nc1ccccc1. The van der Waals surface area contributed by atoms with Gasteiger partial charge in [-0.25, -0.2) is 0 Å². The molecule has 0 aliphatic carbocycles. The Balaban J connectivity index is 2.30. The number of para-hydroxylation sites is 2. The highest BCUT2D eigenvalue weighted by Gasteiger charge is 2.06. The fourth-order valence-electron chi connectivity index (χ4n) is 1.56. The van der Waals surface area contributed by atoms with Gasteiger partial charge in [0.2, 0.25) is 0 Å². The van der Waals surface area contributed by atoms with Gasteiger partial charge in [-0.1, -0.05) is 30.3 Å². The number of ether oxygens (including phenoxy) is 1. The minimum absolute atomic E-state index is 0.490. The lowest BCUT2D eigenvalue weighted by Gasteiger charge is -2.11. The number of benzene rings is 2. The summed E-state index contributed by atoms with van der Waals surface area (Å²) in [5.74, 6) is 0. The Labute approximate surface area is 106 Å². The van der Waals surface area contributed by atoms with Crippen LogP contribution in [0.25, 0.3) is 0 Å². The second-order valence-electron chi connectivity index (χ2n) is 3.53. The van der Waals surface area contributed by atoms with E-state index >= 15 is 0 Å². The van der Waals surface area contributed by atoms with Crippen LogP contribution >= 0.6 is 12.2 Å². The maximum Gasteiger partial charge on any atom is 0.192 e. The molecule has 0 saturated heterocycles. The van der Waals surface area contributed by atoms with Crippen molar-refractivity contribution in [3.8, 4) is 0 Å². The largest absolute Gasteiger partial charge is 0.486 e. The molecule has 0 aliphatic rings. The number of thiocarbonyl (C=S) groups is 1. The second-order valence-corrected chi connectivity index (χ2v) is 3.90. The minimum atomic E-state index is 0.490. The minimum Gasteiger partial charge on any atom is -0.486 e. The van der Waals surface area contributed by atoms with Crippen LogP contribution < -0.4 is 5.32 Å². The van der Waals surface area contributed by atoms with Gasteiger partial charge in [-0.15, -0.1) is 0 Å². The number of nitrogens with one attached hydrogen (secondary N) is 1. The molecule has 0 amide bonds. The molecule has 86 valence electrons. The topological polar surface area (TPSA) is 21.3 Å². The first kappa shape index (κ1) is 11.6. The van der Waals surface area contributed by atoms with Gasteiger partial charge in [-0.05, 0) is 36.5 Å². The monoisotopic (exact) mass is 243 g/mol. The molecular weight excluding hydrogens is 230 g/mol. The fourth-order valence-corrected chi connectivity index (χ4v) is 1.74. The van der Waals surface area contributed by atoms with Gasteiger partial charge in [0.1, 0.15) is 0 Å². The maximum absolute atomic E-state index is 5.16. The number of hydrogen-bond donors (Lipinski definition) is 1. The van der Waals surface area contributed by atoms with Crippen LogP contribution in [0.4, 0.5) is 11.4 Å². The fraction of sp³-hybridized carbons (Fsp3) is 0.0714. The van der Waals surface area contributed by atoms with Gasteiger partial charge < -0.3 is 10.1 Å². The smallest absolute Gasteiger partial charge is 0.192 e. The van der Waals surface area contributed by atoms with Crippen molar-refractivity contribution in [2.75, 3.05) is 12.4 Å². The van der Waals surface area contributed by atoms with Crippen LogP contribution in [0.15, 0.2) is 54.6 Å². The van der Waals surface area contributed by atoms with Crippen molar-refractivity contribution in [1.29, 1.82) is 0 Å². The molecule has 0 saturated carbocycles. The average molecular weight is 243 g/mol. The molecule has 2 aromatic carbocycles. The van der Waals surface area contributed by atoms with Gasteiger partial charge in [-0.2, -0.15) is 0 Å². The van der Waals surface area contributed by atoms with Crippen LogP contribution in [-0.4, -0.2) is 12.2 Å². The zero-order valence-corrected chi connectivity index (χ0v) is 10.3. The summed E-state index contributed by atoms with van der Waals surface area (Å²) in [6.07, 6.45) is 0. The molecular formula is C14H13NOS. The lowest BCUT2D eigenvalue weighted by molar-refractivity contribution is 0.416. The van der Waals surface area contributed by atoms with E-state index < -0.39 is 0 Å². The van der Waals surface area contributed by atoms with E-state index in [0.717, 1.165) is 16.9 Å². The van der Waals surface area contributed by atoms with Gasteiger partial charge in [0.15, 0.2) is 5.05 Å². The Morgan fingerprint density at radius 2 is 1.65 bits per heavy atom. The quantitative estimate of drug-likeness (QED) is 0.829. The number of rotatable bonds is 3. The highest BCUT2D eigenvalue weighted by atomic mass is 32.1. The normalized spacial score (nSPS) is 9.71. The Hall–Kier alpha value is -1.87. The first-order valence-electron chi connectivity index (χ1n) is 5.30. The van der Waals surface area contributed by atoms with Crippen molar-refractivity contribution >= 4 is 28.6 Å². The standard InChI is InChI=1S/C14H13NOS/c1-16-14(17)12-9-5-6-10-13(12)15-11-7-3-2-4-8-11/h2-10,15H,1H3. The summed E-state index contributed by atoms with van der Waals surface area (Å²) in [7, 11) is 1.58. The van der Waals surface area contributed by atoms with E-state index in [9.17, 15) is 0 Å². The predicted molar refractivity (Wildman–Crippen MR) is 74.9 cm³/mol. The third-order valence-corrected chi connectivity index (χ3v) is 2.77. The van der Waals surface area contributed by atoms with E-state index in [-0.39, 0.29) is 0 Å². The summed E-state index contributed by atoms with van der Waals surface area (Å²) in [6, 6.07) is 17.8. The lowest BCUT2D eigenvalue weighted by Crippen LogP contribution is -2.04. The third kappa shape index (κ3) is 2.82. The molecule has 0 radical (unpaired) electrons. The summed E-state index contributed by atoms with van der Waals surface area (Å²) in [5, 5.41) is 3.81. The molecule has 0 unspecified atom stereocenters. The molecule has 0 aliphatic heterocycles. The molecule has 17 heavy (non-hydrogen) atoms. The van der Waals surface area contributed by atoms with Crippen molar-refractivity contribution < 1.29 is 4.74 Å². The zero-order chi connectivity index (χ0) is 12.1. The van der Waals surface area contributed by atoms with E-state index in [1.807, 2.05) is 54.6 Å². The van der Waals surface area contributed by atoms with Crippen LogP contribution in [0.2, 0.25) is 0 Å². The molecule has 0 bridgehead atoms. The van der Waals surface area contributed by atoms with Gasteiger partial charge in [-0.3, -0.25) is 0 Å². The van der Waals surface area contributed by atoms with Crippen LogP contribution in [0, 0.1) is 0 Å². The van der Waals surface area contributed by atoms with Crippen molar-refractivity contribution in [1.82, 2.24) is 0 Å². The molecule has 3 heteroatoms. The Morgan fingerprint density at radius 1 is 1.00 bits per heavy atom. The van der Waals surface area contributed by atoms with Crippen molar-refractivity contribution in [2.24, 2.45) is 0 Å². The van der Waals surface area contributed by atoms with Crippen molar-refractivity contribution in [3.63, 3.8) is 0 Å². The van der Waals surface area contributed by atoms with Crippen LogP contribution in [-0.2, 0) is 4.74 Å². The van der Waals surface area contributed by atoms with Crippen molar-refractivity contribution in [2.45, 2.75) is 0 Å². The van der Waals surface area contributed by atoms with Crippen LogP contribution in [0.3, 0.4) is 0 Å². The molecule has 0 fully saturated rings. The van der Waals surface area contributed by atoms with E-state index in [4.69, 9.17) is 17.0 Å². The summed E-state index contributed by atoms with van der Waals surface area (Å²) in [4.78, 5) is 0. The van der Waals surface area contributed by atoms with E-state index in [1.165, 1.54) is 0 Å². The third-order valence-electron chi connectivity index (χ3n) is 2.39. The maximum atomic E-state index is 5.16. The highest BCUT2D eigenvalue weighted by Crippen LogP contribution is 2.21. The molecule has 2 rings (SSSR count). The summed E-state index contributed by atoms with van der Waals surface area (Å²) in [5.41, 5.74) is 2.87. The number of methoxy groups -OCH3 is 1. The van der Waals surface area contributed by atoms with Crippen LogP contribution in [0.1, 0.15) is 5.56 Å². The number of anilines is 2. The van der Waals surface area contributed by atoms with Gasteiger partial charge in [0.05, 0.1) is 18.4 Å². The summed E-state index contributed by atoms with van der Waals surface area (Å²) >= 11 is 5.16. The van der Waals surface area contributed by atoms with Crippen LogP contribution in [0.5, 0.6) is 0 Å². The molecule has 2 aromatic rings. The second kappa shape index (κ2) is 5.46. The summed E-state index contributed by atoms with van der Waals surface area (Å²) < 4.78 is 5.11. The predicted octanol–water partition coefficient (Wildman–Crippen LogP) is 3.75. The van der Waals surface area contributed by atoms with E-state index in [1.54, 1.807) is 7.11 Å². The highest BCUT2D eigenvalue weighted by molar-refractivity contribution is 7.80. The van der Waals surface area contributed by atoms with Crippen molar-refractivity contribution in [3.05, 3.63) is 60.2 Å². The van der Waals surface area contributed by atoms with E-state index in [0.29, 0.717) is 5.05 Å². The Bertz CT molecular complexity index is 511. The molecule has 0 spiro atoms. The summed E-state index contributed by atoms with van der Waals surface area (Å²) in [6.45, 7) is 0. The Morgan fingerprint density at radius 3 is 2.35 bits per heavy atom.